The van der Waals surface area contributed by atoms with E-state index in [9.17, 15) is 9.00 Å². The number of carbonyl (C=O) groups excluding carboxylic acids is 1. The van der Waals surface area contributed by atoms with E-state index in [1.807, 2.05) is 6.92 Å². The highest BCUT2D eigenvalue weighted by Crippen LogP contribution is 2.18. The number of hydrogen-bond donors (Lipinski definition) is 2. The molecule has 0 fully saturated rings. The van der Waals surface area contributed by atoms with Crippen LogP contribution in [0.5, 0.6) is 0 Å². The normalized spacial score (nSPS) is 14.4. The van der Waals surface area contributed by atoms with Gasteiger partial charge in [0.1, 0.15) is 4.88 Å². The summed E-state index contributed by atoms with van der Waals surface area (Å²) in [4.78, 5) is 12.2. The third-order valence-corrected chi connectivity index (χ3v) is 4.60. The van der Waals surface area contributed by atoms with Gasteiger partial charge in [-0.2, -0.15) is 0 Å². The summed E-state index contributed by atoms with van der Waals surface area (Å²) >= 11 is 1.33. The lowest BCUT2D eigenvalue weighted by molar-refractivity contribution is 0.0958. The number of nitrogens with one attached hydrogen (secondary N) is 1. The minimum absolute atomic E-state index is 0.0981. The molecule has 1 aromatic heterocycles. The molecule has 0 aliphatic rings. The van der Waals surface area contributed by atoms with Crippen molar-refractivity contribution in [1.82, 2.24) is 5.32 Å². The fourth-order valence-electron chi connectivity index (χ4n) is 1.14. The molecule has 4 nitrogen and oxygen atoms in total. The highest BCUT2D eigenvalue weighted by molar-refractivity contribution is 7.84. The molecule has 2 atom stereocenters. The van der Waals surface area contributed by atoms with Crippen LogP contribution in [0.4, 0.5) is 5.69 Å². The number of amides is 1. The van der Waals surface area contributed by atoms with Crippen LogP contribution in [0.25, 0.3) is 0 Å². The molecule has 0 aromatic carbocycles. The van der Waals surface area contributed by atoms with Crippen LogP contribution in [-0.2, 0) is 10.8 Å². The van der Waals surface area contributed by atoms with Gasteiger partial charge in [-0.25, -0.2) is 0 Å². The summed E-state index contributed by atoms with van der Waals surface area (Å²) in [6.07, 6.45) is 2.38. The van der Waals surface area contributed by atoms with Crippen molar-refractivity contribution in [3.63, 3.8) is 0 Å². The van der Waals surface area contributed by atoms with Crippen LogP contribution in [0.3, 0.4) is 0 Å². The summed E-state index contributed by atoms with van der Waals surface area (Å²) in [5, 5.41) is 4.65. The fraction of sp³-hybridized carbons (Fsp3) is 0.500. The van der Waals surface area contributed by atoms with Crippen molar-refractivity contribution in [2.45, 2.75) is 18.6 Å². The van der Waals surface area contributed by atoms with Crippen molar-refractivity contribution in [1.29, 1.82) is 0 Å². The van der Waals surface area contributed by atoms with E-state index in [1.165, 1.54) is 11.3 Å². The smallest absolute Gasteiger partial charge is 0.263 e. The third kappa shape index (κ3) is 3.61. The molecule has 0 aliphatic carbocycles. The van der Waals surface area contributed by atoms with Gasteiger partial charge in [0.25, 0.3) is 5.91 Å². The lowest BCUT2D eigenvalue weighted by atomic mass is 10.3. The molecule has 90 valence electrons. The maximum absolute atomic E-state index is 11.6. The lowest BCUT2D eigenvalue weighted by Crippen LogP contribution is -2.27. The van der Waals surface area contributed by atoms with Crippen molar-refractivity contribution in [3.8, 4) is 0 Å². The largest absolute Gasteiger partial charge is 0.397 e. The van der Waals surface area contributed by atoms with Crippen molar-refractivity contribution < 1.29 is 9.00 Å². The van der Waals surface area contributed by atoms with E-state index in [0.717, 1.165) is 0 Å². The van der Waals surface area contributed by atoms with Crippen molar-refractivity contribution in [2.24, 2.45) is 0 Å². The summed E-state index contributed by atoms with van der Waals surface area (Å²) in [6, 6.07) is 1.71. The predicted octanol–water partition coefficient (Wildman–Crippen LogP) is 1.22. The monoisotopic (exact) mass is 260 g/mol. The van der Waals surface area contributed by atoms with E-state index < -0.39 is 10.8 Å². The number of hydrogen-bond acceptors (Lipinski definition) is 4. The highest BCUT2D eigenvalue weighted by Gasteiger charge is 2.11. The molecule has 16 heavy (non-hydrogen) atoms. The van der Waals surface area contributed by atoms with E-state index in [4.69, 9.17) is 5.73 Å². The van der Waals surface area contributed by atoms with E-state index >= 15 is 0 Å². The Kier molecular flexibility index (Phi) is 4.95. The third-order valence-electron chi connectivity index (χ3n) is 2.30. The number of carbonyl (C=O) groups is 1. The number of nitrogen functional groups attached to an aromatic ring is 1. The van der Waals surface area contributed by atoms with Gasteiger partial charge in [0, 0.05) is 28.9 Å². The Morgan fingerprint density at radius 3 is 2.88 bits per heavy atom. The average molecular weight is 260 g/mol. The van der Waals surface area contributed by atoms with Gasteiger partial charge in [0.05, 0.1) is 5.69 Å². The number of rotatable bonds is 5. The summed E-state index contributed by atoms with van der Waals surface area (Å²) in [5.41, 5.74) is 6.13. The average Bonchev–Trinajstić information content (AvgIpc) is 2.64. The van der Waals surface area contributed by atoms with Gasteiger partial charge < -0.3 is 11.1 Å². The molecule has 0 aliphatic heterocycles. The molecule has 6 heteroatoms. The van der Waals surface area contributed by atoms with Crippen LogP contribution in [0.2, 0.25) is 0 Å². The fourth-order valence-corrected chi connectivity index (χ4v) is 2.32. The zero-order valence-corrected chi connectivity index (χ0v) is 11.0. The van der Waals surface area contributed by atoms with E-state index in [2.05, 4.69) is 5.32 Å². The minimum atomic E-state index is -0.840. The van der Waals surface area contributed by atoms with Gasteiger partial charge in [-0.3, -0.25) is 9.00 Å². The standard InChI is InChI=1S/C10H16N2O2S2/c1-7(16(2)14)3-5-12-10(13)9-8(11)4-6-15-9/h4,6-7H,3,5,11H2,1-2H3,(H,12,13). The molecule has 0 spiro atoms. The molecule has 0 radical (unpaired) electrons. The predicted molar refractivity (Wildman–Crippen MR) is 69.2 cm³/mol. The van der Waals surface area contributed by atoms with Crippen LogP contribution in [0.1, 0.15) is 23.0 Å². The molecule has 0 bridgehead atoms. The highest BCUT2D eigenvalue weighted by atomic mass is 32.2. The molecular weight excluding hydrogens is 244 g/mol. The van der Waals surface area contributed by atoms with Gasteiger partial charge in [-0.1, -0.05) is 6.92 Å². The second-order valence-corrected chi connectivity index (χ2v) is 6.28. The van der Waals surface area contributed by atoms with E-state index in [1.54, 1.807) is 17.7 Å². The van der Waals surface area contributed by atoms with Gasteiger partial charge in [-0.15, -0.1) is 11.3 Å². The second-order valence-electron chi connectivity index (χ2n) is 3.56. The Morgan fingerprint density at radius 2 is 2.38 bits per heavy atom. The number of nitrogens with two attached hydrogens (primary N) is 1. The van der Waals surface area contributed by atoms with Gasteiger partial charge in [-0.05, 0) is 17.9 Å². The summed E-state index contributed by atoms with van der Waals surface area (Å²) in [6.45, 7) is 2.43. The van der Waals surface area contributed by atoms with Crippen molar-refractivity contribution in [2.75, 3.05) is 18.5 Å². The topological polar surface area (TPSA) is 72.2 Å². The molecule has 1 amide bonds. The van der Waals surface area contributed by atoms with Crippen LogP contribution < -0.4 is 11.1 Å². The maximum Gasteiger partial charge on any atom is 0.263 e. The Labute approximate surface area is 102 Å². The zero-order chi connectivity index (χ0) is 12.1. The Morgan fingerprint density at radius 1 is 1.69 bits per heavy atom. The maximum atomic E-state index is 11.6. The zero-order valence-electron chi connectivity index (χ0n) is 9.36. The number of thiophene rings is 1. The van der Waals surface area contributed by atoms with Crippen LogP contribution in [0.15, 0.2) is 11.4 Å². The first-order valence-electron chi connectivity index (χ1n) is 4.95. The molecule has 3 N–H and O–H groups in total. The molecule has 1 rings (SSSR count). The van der Waals surface area contributed by atoms with Crippen molar-refractivity contribution >= 4 is 33.7 Å². The van der Waals surface area contributed by atoms with E-state index in [0.29, 0.717) is 23.5 Å². The molecule has 1 heterocycles. The first-order valence-corrected chi connectivity index (χ1v) is 7.46. The first kappa shape index (κ1) is 13.2. The SMILES string of the molecule is CC(CCNC(=O)c1sccc1N)S(C)=O. The minimum Gasteiger partial charge on any atom is -0.397 e. The van der Waals surface area contributed by atoms with E-state index in [-0.39, 0.29) is 11.2 Å². The summed E-state index contributed by atoms with van der Waals surface area (Å²) in [7, 11) is -0.840. The van der Waals surface area contributed by atoms with Crippen molar-refractivity contribution in [3.05, 3.63) is 16.3 Å². The quantitative estimate of drug-likeness (QED) is 0.836. The molecule has 2 unspecified atom stereocenters. The van der Waals surface area contributed by atoms with Crippen LogP contribution in [-0.4, -0.2) is 28.2 Å². The Bertz CT molecular complexity index is 390. The van der Waals surface area contributed by atoms with Gasteiger partial charge in [0.15, 0.2) is 0 Å². The van der Waals surface area contributed by atoms with Gasteiger partial charge >= 0.3 is 0 Å². The second kappa shape index (κ2) is 6.00. The van der Waals surface area contributed by atoms with Crippen LogP contribution >= 0.6 is 11.3 Å². The molecule has 1 aromatic rings. The molecule has 0 saturated heterocycles. The summed E-state index contributed by atoms with van der Waals surface area (Å²) < 4.78 is 11.1. The molecule has 0 saturated carbocycles. The Balaban J connectivity index is 2.37. The first-order chi connectivity index (χ1) is 7.52. The number of anilines is 1. The summed E-state index contributed by atoms with van der Waals surface area (Å²) in [5.74, 6) is -0.151. The Hall–Kier alpha value is -0.880. The van der Waals surface area contributed by atoms with Gasteiger partial charge in [0.2, 0.25) is 0 Å². The molecular formula is C10H16N2O2S2. The lowest BCUT2D eigenvalue weighted by Gasteiger charge is -2.08. The van der Waals surface area contributed by atoms with Crippen LogP contribution in [0, 0.1) is 0 Å².